The number of benzene rings is 2. The van der Waals surface area contributed by atoms with Crippen LogP contribution in [0.5, 0.6) is 0 Å². The van der Waals surface area contributed by atoms with E-state index >= 15 is 0 Å². The van der Waals surface area contributed by atoms with E-state index in [0.29, 0.717) is 19.0 Å². The predicted octanol–water partition coefficient (Wildman–Crippen LogP) is 1.60. The number of sulfonamides is 1. The second-order valence-electron chi connectivity index (χ2n) is 5.26. The van der Waals surface area contributed by atoms with Gasteiger partial charge in [0.05, 0.1) is 4.90 Å². The maximum atomic E-state index is 13.2. The van der Waals surface area contributed by atoms with E-state index in [2.05, 4.69) is 20.3 Å². The quantitative estimate of drug-likeness (QED) is 0.537. The Labute approximate surface area is 147 Å². The first-order valence-electron chi connectivity index (χ1n) is 7.66. The van der Waals surface area contributed by atoms with E-state index in [1.807, 2.05) is 12.1 Å². The third-order valence-electron chi connectivity index (χ3n) is 3.51. The number of halogens is 1. The Hall–Kier alpha value is -2.45. The summed E-state index contributed by atoms with van der Waals surface area (Å²) in [4.78, 5) is 4.30. The van der Waals surface area contributed by atoms with E-state index in [1.54, 1.807) is 25.2 Å². The number of hydrogen-bond donors (Lipinski definition) is 3. The monoisotopic (exact) mass is 364 g/mol. The average molecular weight is 364 g/mol. The molecule has 0 aromatic heterocycles. The number of hydrogen-bond acceptors (Lipinski definition) is 3. The SMILES string of the molecule is CN=C(NCc1cccc(F)c1)NCc1cccc(S(=O)(=O)NC)c1. The summed E-state index contributed by atoms with van der Waals surface area (Å²) in [5, 5.41) is 6.18. The smallest absolute Gasteiger partial charge is 0.240 e. The normalized spacial score (nSPS) is 12.0. The Bertz CT molecular complexity index is 853. The van der Waals surface area contributed by atoms with Gasteiger partial charge in [-0.25, -0.2) is 17.5 Å². The Balaban J connectivity index is 1.96. The predicted molar refractivity (Wildman–Crippen MR) is 96.1 cm³/mol. The van der Waals surface area contributed by atoms with E-state index in [0.717, 1.165) is 11.1 Å². The highest BCUT2D eigenvalue weighted by Gasteiger charge is 2.11. The zero-order chi connectivity index (χ0) is 18.3. The van der Waals surface area contributed by atoms with E-state index < -0.39 is 10.0 Å². The topological polar surface area (TPSA) is 82.6 Å². The molecule has 0 radical (unpaired) electrons. The zero-order valence-corrected chi connectivity index (χ0v) is 14.9. The van der Waals surface area contributed by atoms with Crippen molar-refractivity contribution in [3.63, 3.8) is 0 Å². The summed E-state index contributed by atoms with van der Waals surface area (Å²) in [6.07, 6.45) is 0. The van der Waals surface area contributed by atoms with Crippen molar-refractivity contribution in [2.75, 3.05) is 14.1 Å². The minimum absolute atomic E-state index is 0.206. The van der Waals surface area contributed by atoms with Crippen molar-refractivity contribution in [3.8, 4) is 0 Å². The fraction of sp³-hybridized carbons (Fsp3) is 0.235. The van der Waals surface area contributed by atoms with Crippen LogP contribution in [0.1, 0.15) is 11.1 Å². The van der Waals surface area contributed by atoms with Crippen molar-refractivity contribution in [1.82, 2.24) is 15.4 Å². The second kappa shape index (κ2) is 8.59. The van der Waals surface area contributed by atoms with Gasteiger partial charge in [-0.05, 0) is 42.4 Å². The standard InChI is InChI=1S/C17H21FN4O2S/c1-19-17(21-11-13-5-3-7-15(18)9-13)22-12-14-6-4-8-16(10-14)25(23,24)20-2/h3-10,20H,11-12H2,1-2H3,(H2,19,21,22). The molecule has 6 nitrogen and oxygen atoms in total. The van der Waals surface area contributed by atoms with Gasteiger partial charge in [-0.3, -0.25) is 4.99 Å². The first-order chi connectivity index (χ1) is 11.9. The summed E-state index contributed by atoms with van der Waals surface area (Å²) in [6, 6.07) is 12.9. The van der Waals surface area contributed by atoms with Crippen LogP contribution in [-0.2, 0) is 23.1 Å². The van der Waals surface area contributed by atoms with Gasteiger partial charge >= 0.3 is 0 Å². The molecule has 0 saturated heterocycles. The molecule has 2 aromatic rings. The van der Waals surface area contributed by atoms with Gasteiger partial charge < -0.3 is 10.6 Å². The largest absolute Gasteiger partial charge is 0.352 e. The molecule has 3 N–H and O–H groups in total. The van der Waals surface area contributed by atoms with Gasteiger partial charge in [-0.1, -0.05) is 24.3 Å². The first-order valence-corrected chi connectivity index (χ1v) is 9.14. The molecule has 0 unspecified atom stereocenters. The van der Waals surface area contributed by atoms with Crippen LogP contribution in [-0.4, -0.2) is 28.5 Å². The summed E-state index contributed by atoms with van der Waals surface area (Å²) >= 11 is 0. The van der Waals surface area contributed by atoms with E-state index in [-0.39, 0.29) is 10.7 Å². The lowest BCUT2D eigenvalue weighted by molar-refractivity contribution is 0.588. The van der Waals surface area contributed by atoms with Crippen molar-refractivity contribution in [2.45, 2.75) is 18.0 Å². The third kappa shape index (κ3) is 5.54. The number of rotatable bonds is 6. The molecule has 0 heterocycles. The minimum atomic E-state index is -3.47. The summed E-state index contributed by atoms with van der Waals surface area (Å²) in [5.74, 6) is 0.246. The molecule has 134 valence electrons. The molecular formula is C17H21FN4O2S. The maximum absolute atomic E-state index is 13.2. The van der Waals surface area contributed by atoms with Crippen molar-refractivity contribution in [3.05, 3.63) is 65.5 Å². The van der Waals surface area contributed by atoms with Crippen LogP contribution in [0.2, 0.25) is 0 Å². The molecule has 0 aliphatic heterocycles. The number of nitrogens with one attached hydrogen (secondary N) is 3. The minimum Gasteiger partial charge on any atom is -0.352 e. The van der Waals surface area contributed by atoms with Gasteiger partial charge in [0.2, 0.25) is 10.0 Å². The van der Waals surface area contributed by atoms with Gasteiger partial charge in [-0.2, -0.15) is 0 Å². The van der Waals surface area contributed by atoms with Crippen LogP contribution >= 0.6 is 0 Å². The van der Waals surface area contributed by atoms with Crippen molar-refractivity contribution < 1.29 is 12.8 Å². The Morgan fingerprint density at radius 3 is 2.20 bits per heavy atom. The molecule has 0 atom stereocenters. The summed E-state index contributed by atoms with van der Waals surface area (Å²) in [7, 11) is -0.473. The van der Waals surface area contributed by atoms with Gasteiger partial charge in [0.25, 0.3) is 0 Å². The van der Waals surface area contributed by atoms with E-state index in [1.165, 1.54) is 25.2 Å². The average Bonchev–Trinajstić information content (AvgIpc) is 2.62. The molecule has 0 spiro atoms. The molecule has 2 rings (SSSR count). The summed E-state index contributed by atoms with van der Waals surface area (Å²) < 4.78 is 39.1. The Morgan fingerprint density at radius 1 is 1.04 bits per heavy atom. The molecule has 25 heavy (non-hydrogen) atoms. The van der Waals surface area contributed by atoms with Crippen LogP contribution in [0.15, 0.2) is 58.4 Å². The molecule has 0 aliphatic rings. The van der Waals surface area contributed by atoms with Crippen molar-refractivity contribution in [1.29, 1.82) is 0 Å². The molecule has 2 aromatic carbocycles. The summed E-state index contributed by atoms with van der Waals surface area (Å²) in [6.45, 7) is 0.821. The van der Waals surface area contributed by atoms with Crippen molar-refractivity contribution in [2.24, 2.45) is 4.99 Å². The molecule has 0 bridgehead atoms. The number of nitrogens with zero attached hydrogens (tertiary/aromatic N) is 1. The summed E-state index contributed by atoms with van der Waals surface area (Å²) in [5.41, 5.74) is 1.59. The highest BCUT2D eigenvalue weighted by molar-refractivity contribution is 7.89. The van der Waals surface area contributed by atoms with Gasteiger partial charge in [-0.15, -0.1) is 0 Å². The first kappa shape index (κ1) is 18.9. The fourth-order valence-corrected chi connectivity index (χ4v) is 2.98. The molecular weight excluding hydrogens is 343 g/mol. The van der Waals surface area contributed by atoms with Gasteiger partial charge in [0.1, 0.15) is 5.82 Å². The van der Waals surface area contributed by atoms with Gasteiger partial charge in [0.15, 0.2) is 5.96 Å². The van der Waals surface area contributed by atoms with Crippen LogP contribution < -0.4 is 15.4 Å². The molecule has 0 amide bonds. The van der Waals surface area contributed by atoms with Crippen molar-refractivity contribution >= 4 is 16.0 Å². The molecule has 8 heteroatoms. The molecule has 0 aliphatic carbocycles. The van der Waals surface area contributed by atoms with Crippen LogP contribution in [0, 0.1) is 5.82 Å². The lowest BCUT2D eigenvalue weighted by atomic mass is 10.2. The Morgan fingerprint density at radius 2 is 1.64 bits per heavy atom. The lowest BCUT2D eigenvalue weighted by Crippen LogP contribution is -2.36. The fourth-order valence-electron chi connectivity index (χ4n) is 2.18. The Kier molecular flexibility index (Phi) is 6.49. The maximum Gasteiger partial charge on any atom is 0.240 e. The zero-order valence-electron chi connectivity index (χ0n) is 14.1. The van der Waals surface area contributed by atoms with Crippen LogP contribution in [0.25, 0.3) is 0 Å². The van der Waals surface area contributed by atoms with Crippen LogP contribution in [0.4, 0.5) is 4.39 Å². The van der Waals surface area contributed by atoms with Gasteiger partial charge in [0, 0.05) is 20.1 Å². The third-order valence-corrected chi connectivity index (χ3v) is 4.92. The second-order valence-corrected chi connectivity index (χ2v) is 7.15. The highest BCUT2D eigenvalue weighted by atomic mass is 32.2. The van der Waals surface area contributed by atoms with Crippen LogP contribution in [0.3, 0.4) is 0 Å². The van der Waals surface area contributed by atoms with E-state index in [4.69, 9.17) is 0 Å². The number of guanidine groups is 1. The lowest BCUT2D eigenvalue weighted by Gasteiger charge is -2.12. The molecule has 0 saturated carbocycles. The highest BCUT2D eigenvalue weighted by Crippen LogP contribution is 2.11. The molecule has 0 fully saturated rings. The van der Waals surface area contributed by atoms with E-state index in [9.17, 15) is 12.8 Å². The number of aliphatic imine (C=N–C) groups is 1.